The smallest absolute Gasteiger partial charge is 0.307 e. The van der Waals surface area contributed by atoms with Gasteiger partial charge in [-0.2, -0.15) is 0 Å². The minimum atomic E-state index is -0.577. The Morgan fingerprint density at radius 3 is 2.45 bits per heavy atom. The monoisotopic (exact) mass is 444 g/mol. The highest BCUT2D eigenvalue weighted by molar-refractivity contribution is 6.30. The van der Waals surface area contributed by atoms with E-state index in [1.54, 1.807) is 53.4 Å². The van der Waals surface area contributed by atoms with Gasteiger partial charge in [-0.25, -0.2) is 0 Å². The minimum absolute atomic E-state index is 0.0207. The van der Waals surface area contributed by atoms with Gasteiger partial charge in [-0.1, -0.05) is 23.7 Å². The normalized spacial score (nSPS) is 16.7. The number of halogens is 1. The van der Waals surface area contributed by atoms with Gasteiger partial charge in [0.15, 0.2) is 0 Å². The third-order valence-corrected chi connectivity index (χ3v) is 5.39. The maximum atomic E-state index is 12.9. The summed E-state index contributed by atoms with van der Waals surface area (Å²) in [4.78, 5) is 38.9. The molecule has 0 unspecified atom stereocenters. The Morgan fingerprint density at radius 2 is 1.84 bits per heavy atom. The number of benzene rings is 2. The number of carbonyl (C=O) groups excluding carboxylic acids is 3. The molecule has 2 amide bonds. The molecule has 2 atom stereocenters. The van der Waals surface area contributed by atoms with E-state index in [4.69, 9.17) is 21.1 Å². The Kier molecular flexibility index (Phi) is 7.52. The van der Waals surface area contributed by atoms with E-state index < -0.39 is 17.9 Å². The van der Waals surface area contributed by atoms with Gasteiger partial charge in [0.25, 0.3) is 0 Å². The molecule has 8 heteroatoms. The van der Waals surface area contributed by atoms with Crippen LogP contribution in [-0.4, -0.2) is 38.0 Å². The van der Waals surface area contributed by atoms with Crippen molar-refractivity contribution in [2.24, 2.45) is 5.92 Å². The quantitative estimate of drug-likeness (QED) is 0.630. The summed E-state index contributed by atoms with van der Waals surface area (Å²) >= 11 is 5.95. The number of ether oxygens (including phenoxy) is 2. The highest BCUT2D eigenvalue weighted by atomic mass is 35.5. The van der Waals surface area contributed by atoms with Crippen molar-refractivity contribution in [2.75, 3.05) is 25.2 Å². The zero-order valence-electron chi connectivity index (χ0n) is 17.5. The lowest BCUT2D eigenvalue weighted by atomic mass is 10.0. The molecule has 7 nitrogen and oxygen atoms in total. The van der Waals surface area contributed by atoms with Crippen LogP contribution in [0.1, 0.15) is 31.4 Å². The number of carbonyl (C=O) groups is 3. The summed E-state index contributed by atoms with van der Waals surface area (Å²) < 4.78 is 10.2. The lowest BCUT2D eigenvalue weighted by Gasteiger charge is -2.21. The van der Waals surface area contributed by atoms with Crippen LogP contribution in [0.3, 0.4) is 0 Å². The van der Waals surface area contributed by atoms with E-state index in [0.29, 0.717) is 17.3 Å². The second-order valence-corrected chi connectivity index (χ2v) is 7.66. The number of anilines is 1. The predicted molar refractivity (Wildman–Crippen MR) is 117 cm³/mol. The number of amides is 2. The molecule has 0 saturated carbocycles. The first-order chi connectivity index (χ1) is 14.9. The Morgan fingerprint density at radius 1 is 1.16 bits per heavy atom. The number of methoxy groups -OCH3 is 1. The largest absolute Gasteiger partial charge is 0.494 e. The fraction of sp³-hybridized carbons (Fsp3) is 0.348. The lowest BCUT2D eigenvalue weighted by molar-refractivity contribution is -0.141. The molecule has 0 bridgehead atoms. The Balaban J connectivity index is 1.69. The van der Waals surface area contributed by atoms with Gasteiger partial charge < -0.3 is 19.7 Å². The van der Waals surface area contributed by atoms with Gasteiger partial charge in [0.2, 0.25) is 11.8 Å². The van der Waals surface area contributed by atoms with Crippen molar-refractivity contribution in [1.29, 1.82) is 0 Å². The molecule has 0 spiro atoms. The average Bonchev–Trinajstić information content (AvgIpc) is 3.16. The molecule has 0 aliphatic carbocycles. The first kappa shape index (κ1) is 22.6. The molecule has 164 valence electrons. The van der Waals surface area contributed by atoms with Crippen LogP contribution >= 0.6 is 11.6 Å². The van der Waals surface area contributed by atoms with E-state index in [-0.39, 0.29) is 31.2 Å². The SMILES string of the molecule is CCOc1ccc(N2C[C@H](C(=O)N[C@H](CC(=O)OC)c3ccc(Cl)cc3)CC2=O)cc1. The van der Waals surface area contributed by atoms with Crippen molar-refractivity contribution in [2.45, 2.75) is 25.8 Å². The topological polar surface area (TPSA) is 84.9 Å². The van der Waals surface area contributed by atoms with Crippen molar-refractivity contribution >= 4 is 35.1 Å². The van der Waals surface area contributed by atoms with Gasteiger partial charge in [0, 0.05) is 23.7 Å². The summed E-state index contributed by atoms with van der Waals surface area (Å²) in [6.45, 7) is 2.73. The number of nitrogens with zero attached hydrogens (tertiary/aromatic N) is 1. The fourth-order valence-corrected chi connectivity index (χ4v) is 3.63. The second-order valence-electron chi connectivity index (χ2n) is 7.23. The molecule has 3 rings (SSSR count). The first-order valence-corrected chi connectivity index (χ1v) is 10.4. The second kappa shape index (κ2) is 10.3. The molecule has 2 aromatic carbocycles. The third-order valence-electron chi connectivity index (χ3n) is 5.14. The maximum absolute atomic E-state index is 12.9. The lowest BCUT2D eigenvalue weighted by Crippen LogP contribution is -2.36. The van der Waals surface area contributed by atoms with Crippen LogP contribution < -0.4 is 15.0 Å². The van der Waals surface area contributed by atoms with Crippen molar-refractivity contribution in [3.63, 3.8) is 0 Å². The number of rotatable bonds is 8. The number of esters is 1. The van der Waals surface area contributed by atoms with Gasteiger partial charge in [-0.15, -0.1) is 0 Å². The summed E-state index contributed by atoms with van der Waals surface area (Å²) in [6, 6.07) is 13.5. The molecule has 1 aliphatic rings. The standard InChI is InChI=1S/C23H25ClN2O5/c1-3-31-19-10-8-18(9-11-19)26-14-16(12-21(26)27)23(29)25-20(13-22(28)30-2)15-4-6-17(24)7-5-15/h4-11,16,20H,3,12-14H2,1-2H3,(H,25,29)/t16-,20-/m1/s1. The summed E-state index contributed by atoms with van der Waals surface area (Å²) in [5, 5.41) is 3.45. The van der Waals surface area contributed by atoms with Gasteiger partial charge in [-0.3, -0.25) is 14.4 Å². The number of nitrogens with one attached hydrogen (secondary N) is 1. The Bertz CT molecular complexity index is 930. The van der Waals surface area contributed by atoms with Crippen molar-refractivity contribution < 1.29 is 23.9 Å². The average molecular weight is 445 g/mol. The van der Waals surface area contributed by atoms with Crippen LogP contribution in [0, 0.1) is 5.92 Å². The van der Waals surface area contributed by atoms with Gasteiger partial charge in [0.1, 0.15) is 5.75 Å². The van der Waals surface area contributed by atoms with Crippen LogP contribution in [0.2, 0.25) is 5.02 Å². The van der Waals surface area contributed by atoms with Crippen LogP contribution in [0.15, 0.2) is 48.5 Å². The zero-order valence-corrected chi connectivity index (χ0v) is 18.2. The van der Waals surface area contributed by atoms with Crippen molar-refractivity contribution in [3.05, 3.63) is 59.1 Å². The zero-order chi connectivity index (χ0) is 22.4. The van der Waals surface area contributed by atoms with E-state index >= 15 is 0 Å². The van der Waals surface area contributed by atoms with Crippen molar-refractivity contribution in [3.8, 4) is 5.75 Å². The summed E-state index contributed by atoms with van der Waals surface area (Å²) in [5.41, 5.74) is 1.45. The molecule has 0 radical (unpaired) electrons. The number of hydrogen-bond donors (Lipinski definition) is 1. The molecule has 2 aromatic rings. The first-order valence-electron chi connectivity index (χ1n) is 10.1. The molecule has 1 aliphatic heterocycles. The predicted octanol–water partition coefficient (Wildman–Crippen LogP) is 3.51. The Hall–Kier alpha value is -3.06. The molecule has 1 heterocycles. The van der Waals surface area contributed by atoms with Gasteiger partial charge in [-0.05, 0) is 48.9 Å². The highest BCUT2D eigenvalue weighted by Crippen LogP contribution is 2.28. The Labute approximate surface area is 186 Å². The molecule has 1 fully saturated rings. The van der Waals surface area contributed by atoms with Gasteiger partial charge in [0.05, 0.1) is 32.1 Å². The van der Waals surface area contributed by atoms with Crippen LogP contribution in [-0.2, 0) is 19.1 Å². The van der Waals surface area contributed by atoms with E-state index in [1.165, 1.54) is 7.11 Å². The van der Waals surface area contributed by atoms with E-state index in [1.807, 2.05) is 6.92 Å². The van der Waals surface area contributed by atoms with Crippen LogP contribution in [0.25, 0.3) is 0 Å². The summed E-state index contributed by atoms with van der Waals surface area (Å²) in [6.07, 6.45) is 0.0811. The van der Waals surface area contributed by atoms with Crippen LogP contribution in [0.5, 0.6) is 5.75 Å². The molecule has 1 saturated heterocycles. The van der Waals surface area contributed by atoms with E-state index in [2.05, 4.69) is 5.32 Å². The molecular weight excluding hydrogens is 420 g/mol. The van der Waals surface area contributed by atoms with Gasteiger partial charge >= 0.3 is 5.97 Å². The van der Waals surface area contributed by atoms with E-state index in [0.717, 1.165) is 11.3 Å². The molecule has 0 aromatic heterocycles. The fourth-order valence-electron chi connectivity index (χ4n) is 3.51. The summed E-state index contributed by atoms with van der Waals surface area (Å²) in [5.74, 6) is -0.656. The minimum Gasteiger partial charge on any atom is -0.494 e. The maximum Gasteiger partial charge on any atom is 0.307 e. The van der Waals surface area contributed by atoms with Crippen molar-refractivity contribution in [1.82, 2.24) is 5.32 Å². The molecular formula is C23H25ClN2O5. The van der Waals surface area contributed by atoms with Crippen LogP contribution in [0.4, 0.5) is 5.69 Å². The molecule has 31 heavy (non-hydrogen) atoms. The number of hydrogen-bond acceptors (Lipinski definition) is 5. The molecule has 1 N–H and O–H groups in total. The highest BCUT2D eigenvalue weighted by Gasteiger charge is 2.36. The third kappa shape index (κ3) is 5.76. The summed E-state index contributed by atoms with van der Waals surface area (Å²) in [7, 11) is 1.30. The van der Waals surface area contributed by atoms with E-state index in [9.17, 15) is 14.4 Å².